The molecule has 47 heavy (non-hydrogen) atoms. The lowest BCUT2D eigenvalue weighted by molar-refractivity contribution is 0.277. The van der Waals surface area contributed by atoms with Gasteiger partial charge in [-0.15, -0.1) is 0 Å². The van der Waals surface area contributed by atoms with Crippen molar-refractivity contribution in [3.05, 3.63) is 83.1 Å². The fourth-order valence-corrected chi connectivity index (χ4v) is 5.43. The maximum absolute atomic E-state index is 13.1. The molecule has 0 fully saturated rings. The van der Waals surface area contributed by atoms with Crippen LogP contribution in [0.15, 0.2) is 54.5 Å². The summed E-state index contributed by atoms with van der Waals surface area (Å²) < 4.78 is 18.0. The SMILES string of the molecule is CCOC1=Nc2c(c(=O)n(CCCO)c(=O)n2CC)C1.CCOc1nc2c(c(=O)n(CCCO)c(=O)n2CC)n1Cc1ccccc1. The van der Waals surface area contributed by atoms with Gasteiger partial charge in [0.2, 0.25) is 0 Å². The van der Waals surface area contributed by atoms with Gasteiger partial charge >= 0.3 is 11.4 Å². The lowest BCUT2D eigenvalue weighted by Crippen LogP contribution is -2.41. The predicted molar refractivity (Wildman–Crippen MR) is 177 cm³/mol. The molecule has 0 aliphatic carbocycles. The number of rotatable bonds is 13. The summed E-state index contributed by atoms with van der Waals surface area (Å²) in [7, 11) is 0. The highest BCUT2D eigenvalue weighted by atomic mass is 16.5. The number of aliphatic imine (C=N–C) groups is 1. The molecular weight excluding hydrogens is 610 g/mol. The summed E-state index contributed by atoms with van der Waals surface area (Å²) in [5.74, 6) is 0.882. The molecule has 0 saturated carbocycles. The molecule has 0 saturated heterocycles. The first-order valence-electron chi connectivity index (χ1n) is 15.9. The van der Waals surface area contributed by atoms with Gasteiger partial charge in [-0.05, 0) is 46.1 Å². The number of aromatic nitrogens is 6. The van der Waals surface area contributed by atoms with Gasteiger partial charge in [0, 0.05) is 39.4 Å². The molecule has 0 bridgehead atoms. The topological polar surface area (TPSA) is 177 Å². The lowest BCUT2D eigenvalue weighted by atomic mass is 10.2. The molecule has 4 heterocycles. The van der Waals surface area contributed by atoms with Crippen LogP contribution in [0, 0.1) is 0 Å². The normalized spacial score (nSPS) is 12.1. The molecule has 2 N–H and O–H groups in total. The number of aliphatic hydroxyl groups is 2. The van der Waals surface area contributed by atoms with E-state index < -0.39 is 11.2 Å². The average Bonchev–Trinajstić information content (AvgIpc) is 3.64. The third-order valence-corrected chi connectivity index (χ3v) is 7.61. The highest BCUT2D eigenvalue weighted by Crippen LogP contribution is 2.23. The van der Waals surface area contributed by atoms with Gasteiger partial charge in [0.1, 0.15) is 5.82 Å². The minimum Gasteiger partial charge on any atom is -0.481 e. The summed E-state index contributed by atoms with van der Waals surface area (Å²) >= 11 is 0. The number of imidazole rings is 1. The van der Waals surface area contributed by atoms with E-state index in [9.17, 15) is 19.2 Å². The molecule has 0 amide bonds. The molecule has 5 rings (SSSR count). The van der Waals surface area contributed by atoms with Crippen molar-refractivity contribution in [2.45, 2.75) is 79.7 Å². The number of aliphatic hydroxyl groups excluding tert-OH is 2. The molecule has 0 spiro atoms. The molecule has 1 aliphatic rings. The van der Waals surface area contributed by atoms with Crippen molar-refractivity contribution in [2.75, 3.05) is 26.4 Å². The van der Waals surface area contributed by atoms with Crippen LogP contribution in [0.5, 0.6) is 6.01 Å². The first-order chi connectivity index (χ1) is 22.8. The van der Waals surface area contributed by atoms with Crippen molar-refractivity contribution < 1.29 is 19.7 Å². The third-order valence-electron chi connectivity index (χ3n) is 7.61. The predicted octanol–water partition coefficient (Wildman–Crippen LogP) is 1.24. The van der Waals surface area contributed by atoms with Gasteiger partial charge < -0.3 is 19.7 Å². The number of ether oxygens (including phenoxy) is 2. The van der Waals surface area contributed by atoms with E-state index in [4.69, 9.17) is 19.7 Å². The zero-order valence-corrected chi connectivity index (χ0v) is 27.3. The fraction of sp³-hybridized carbons (Fsp3) is 0.500. The Morgan fingerprint density at radius 3 is 1.91 bits per heavy atom. The van der Waals surface area contributed by atoms with Crippen LogP contribution >= 0.6 is 0 Å². The summed E-state index contributed by atoms with van der Waals surface area (Å²) in [5.41, 5.74) is 0.598. The quantitative estimate of drug-likeness (QED) is 0.215. The van der Waals surface area contributed by atoms with E-state index in [0.29, 0.717) is 86.6 Å². The van der Waals surface area contributed by atoms with Crippen LogP contribution in [-0.2, 0) is 43.9 Å². The van der Waals surface area contributed by atoms with Gasteiger partial charge in [0.25, 0.3) is 17.1 Å². The molecular formula is C32H43N7O8. The molecule has 0 atom stereocenters. The van der Waals surface area contributed by atoms with E-state index in [1.165, 1.54) is 18.3 Å². The highest BCUT2D eigenvalue weighted by Gasteiger charge is 2.26. The zero-order valence-electron chi connectivity index (χ0n) is 27.3. The largest absolute Gasteiger partial charge is 0.481 e. The van der Waals surface area contributed by atoms with E-state index in [0.717, 1.165) is 5.56 Å². The second kappa shape index (κ2) is 16.2. The molecule has 1 aliphatic heterocycles. The monoisotopic (exact) mass is 653 g/mol. The van der Waals surface area contributed by atoms with Crippen LogP contribution in [0.1, 0.15) is 51.7 Å². The van der Waals surface area contributed by atoms with E-state index in [1.807, 2.05) is 58.0 Å². The molecule has 3 aromatic heterocycles. The van der Waals surface area contributed by atoms with Crippen LogP contribution < -0.4 is 27.2 Å². The summed E-state index contributed by atoms with van der Waals surface area (Å²) in [6.45, 7) is 9.66. The Labute approximate surface area is 270 Å². The molecule has 0 radical (unpaired) electrons. The fourth-order valence-electron chi connectivity index (χ4n) is 5.43. The lowest BCUT2D eigenvalue weighted by Gasteiger charge is -2.11. The van der Waals surface area contributed by atoms with Crippen molar-refractivity contribution in [3.8, 4) is 6.01 Å². The maximum Gasteiger partial charge on any atom is 0.332 e. The molecule has 0 unspecified atom stereocenters. The number of nitrogens with zero attached hydrogens (tertiary/aromatic N) is 7. The van der Waals surface area contributed by atoms with Crippen molar-refractivity contribution >= 4 is 22.9 Å². The Bertz CT molecular complexity index is 1950. The van der Waals surface area contributed by atoms with Crippen LogP contribution in [0.2, 0.25) is 0 Å². The molecule has 15 heteroatoms. The van der Waals surface area contributed by atoms with Gasteiger partial charge in [-0.3, -0.25) is 32.4 Å². The van der Waals surface area contributed by atoms with Crippen molar-refractivity contribution in [1.82, 2.24) is 27.8 Å². The zero-order chi connectivity index (χ0) is 34.1. The van der Waals surface area contributed by atoms with Gasteiger partial charge in [0.05, 0.1) is 31.7 Å². The van der Waals surface area contributed by atoms with Crippen LogP contribution in [0.4, 0.5) is 5.82 Å². The highest BCUT2D eigenvalue weighted by molar-refractivity contribution is 5.86. The number of fused-ring (bicyclic) bond motifs is 2. The van der Waals surface area contributed by atoms with Crippen molar-refractivity contribution in [3.63, 3.8) is 0 Å². The van der Waals surface area contributed by atoms with Crippen LogP contribution in [-0.4, -0.2) is 70.4 Å². The third kappa shape index (κ3) is 7.30. The van der Waals surface area contributed by atoms with E-state index in [-0.39, 0.29) is 37.6 Å². The molecule has 254 valence electrons. The number of aryl methyl sites for hydroxylation is 1. The van der Waals surface area contributed by atoms with Crippen molar-refractivity contribution in [1.29, 1.82) is 0 Å². The van der Waals surface area contributed by atoms with Gasteiger partial charge in [0.15, 0.2) is 17.1 Å². The van der Waals surface area contributed by atoms with Gasteiger partial charge in [-0.2, -0.15) is 9.98 Å². The molecule has 1 aromatic carbocycles. The summed E-state index contributed by atoms with van der Waals surface area (Å²) in [5, 5.41) is 18.0. The summed E-state index contributed by atoms with van der Waals surface area (Å²) in [6.07, 6.45) is 1.02. The second-order valence-electron chi connectivity index (χ2n) is 10.6. The maximum atomic E-state index is 13.1. The number of benzene rings is 1. The smallest absolute Gasteiger partial charge is 0.332 e. The molecule has 15 nitrogen and oxygen atoms in total. The number of hydrogen-bond donors (Lipinski definition) is 2. The van der Waals surface area contributed by atoms with E-state index in [2.05, 4.69) is 9.98 Å². The van der Waals surface area contributed by atoms with Crippen LogP contribution in [0.3, 0.4) is 0 Å². The van der Waals surface area contributed by atoms with Gasteiger partial charge in [-0.25, -0.2) is 9.59 Å². The van der Waals surface area contributed by atoms with E-state index >= 15 is 0 Å². The minimum absolute atomic E-state index is 0.0597. The molecule has 4 aromatic rings. The Morgan fingerprint density at radius 2 is 1.34 bits per heavy atom. The number of hydrogen-bond acceptors (Lipinski definition) is 10. The summed E-state index contributed by atoms with van der Waals surface area (Å²) in [6, 6.07) is 10.0. The second-order valence-corrected chi connectivity index (χ2v) is 10.6. The Hall–Kier alpha value is -4.76. The Morgan fingerprint density at radius 1 is 0.745 bits per heavy atom. The first-order valence-corrected chi connectivity index (χ1v) is 15.9. The van der Waals surface area contributed by atoms with Crippen LogP contribution in [0.25, 0.3) is 11.2 Å². The summed E-state index contributed by atoms with van der Waals surface area (Å²) in [4.78, 5) is 59.2. The first kappa shape index (κ1) is 35.1. The van der Waals surface area contributed by atoms with E-state index in [1.54, 1.807) is 4.57 Å². The minimum atomic E-state index is -0.421. The van der Waals surface area contributed by atoms with Crippen molar-refractivity contribution in [2.24, 2.45) is 4.99 Å². The standard InChI is InChI=1S/C19H24N4O4.C13H19N3O4/c1-3-21-16-15(17(25)22(19(21)26)11-8-12-24)23(18(20-16)27-4-2)13-14-9-6-5-7-10-14;1-3-15-11-9(8-10(14-11)20-4-2)12(18)16(13(15)19)6-5-7-17/h5-7,9-10,24H,3-4,8,11-13H2,1-2H3;17H,3-8H2,1-2H3. The Balaban J connectivity index is 0.000000223. The van der Waals surface area contributed by atoms with Gasteiger partial charge in [-0.1, -0.05) is 30.3 Å². The Kier molecular flexibility index (Phi) is 12.1. The average molecular weight is 654 g/mol.